The van der Waals surface area contributed by atoms with Crippen LogP contribution >= 0.6 is 0 Å². The molecule has 0 aromatic carbocycles. The zero-order valence-electron chi connectivity index (χ0n) is 10.7. The third-order valence-electron chi connectivity index (χ3n) is 3.46. The van der Waals surface area contributed by atoms with Gasteiger partial charge in [-0.05, 0) is 45.1 Å². The quantitative estimate of drug-likeness (QED) is 0.537. The fourth-order valence-corrected chi connectivity index (χ4v) is 2.15. The third kappa shape index (κ3) is 3.19. The number of hydrogen-bond donors (Lipinski definition) is 0. The standard InChI is InChI=1S/C14H21NO2/c1-11-8-14(9-16)12(2)15(11)6-3-7-17-10-13-4-5-13/h8-9,13H,3-7,10H2,1-2H3. The summed E-state index contributed by atoms with van der Waals surface area (Å²) in [5.41, 5.74) is 3.04. The lowest BCUT2D eigenvalue weighted by Gasteiger charge is -2.09. The molecule has 1 saturated carbocycles. The van der Waals surface area contributed by atoms with E-state index in [4.69, 9.17) is 4.74 Å². The highest BCUT2D eigenvalue weighted by molar-refractivity contribution is 5.77. The van der Waals surface area contributed by atoms with Crippen LogP contribution < -0.4 is 0 Å². The van der Waals surface area contributed by atoms with Gasteiger partial charge in [-0.3, -0.25) is 4.79 Å². The molecule has 17 heavy (non-hydrogen) atoms. The van der Waals surface area contributed by atoms with E-state index in [1.54, 1.807) is 0 Å². The van der Waals surface area contributed by atoms with Crippen LogP contribution in [0.25, 0.3) is 0 Å². The SMILES string of the molecule is Cc1cc(C=O)c(C)n1CCCOCC1CC1. The van der Waals surface area contributed by atoms with Gasteiger partial charge in [0.05, 0.1) is 0 Å². The Morgan fingerprint density at radius 1 is 1.47 bits per heavy atom. The lowest BCUT2D eigenvalue weighted by molar-refractivity contribution is 0.112. The van der Waals surface area contributed by atoms with Crippen LogP contribution in [0.5, 0.6) is 0 Å². The van der Waals surface area contributed by atoms with Crippen molar-refractivity contribution in [1.29, 1.82) is 0 Å². The Labute approximate surface area is 103 Å². The smallest absolute Gasteiger partial charge is 0.151 e. The first-order chi connectivity index (χ1) is 8.22. The van der Waals surface area contributed by atoms with Crippen molar-refractivity contribution in [2.75, 3.05) is 13.2 Å². The van der Waals surface area contributed by atoms with Crippen molar-refractivity contribution in [2.24, 2.45) is 5.92 Å². The van der Waals surface area contributed by atoms with Crippen LogP contribution in [0.2, 0.25) is 0 Å². The Morgan fingerprint density at radius 2 is 2.24 bits per heavy atom. The van der Waals surface area contributed by atoms with Gasteiger partial charge in [-0.25, -0.2) is 0 Å². The average molecular weight is 235 g/mol. The van der Waals surface area contributed by atoms with Crippen LogP contribution in [0.15, 0.2) is 6.07 Å². The predicted octanol–water partition coefficient (Wildman–Crippen LogP) is 2.73. The van der Waals surface area contributed by atoms with Crippen LogP contribution in [0, 0.1) is 19.8 Å². The zero-order chi connectivity index (χ0) is 12.3. The van der Waals surface area contributed by atoms with Gasteiger partial charge in [0, 0.05) is 36.7 Å². The number of carbonyl (C=O) groups is 1. The zero-order valence-corrected chi connectivity index (χ0v) is 10.7. The molecular weight excluding hydrogens is 214 g/mol. The van der Waals surface area contributed by atoms with Gasteiger partial charge in [0.15, 0.2) is 6.29 Å². The molecule has 0 N–H and O–H groups in total. The molecule has 0 spiro atoms. The molecule has 1 aromatic heterocycles. The molecule has 1 aromatic rings. The van der Waals surface area contributed by atoms with Gasteiger partial charge in [-0.15, -0.1) is 0 Å². The van der Waals surface area contributed by atoms with Gasteiger partial charge in [0.1, 0.15) is 0 Å². The maximum Gasteiger partial charge on any atom is 0.151 e. The molecule has 0 amide bonds. The van der Waals surface area contributed by atoms with E-state index >= 15 is 0 Å². The van der Waals surface area contributed by atoms with Crippen LogP contribution in [0.3, 0.4) is 0 Å². The largest absolute Gasteiger partial charge is 0.381 e. The number of aryl methyl sites for hydroxylation is 1. The normalized spacial score (nSPS) is 15.2. The molecule has 0 saturated heterocycles. The minimum atomic E-state index is 0.807. The summed E-state index contributed by atoms with van der Waals surface area (Å²) < 4.78 is 7.81. The minimum Gasteiger partial charge on any atom is -0.381 e. The molecule has 94 valence electrons. The number of nitrogens with zero attached hydrogens (tertiary/aromatic N) is 1. The lowest BCUT2D eigenvalue weighted by Crippen LogP contribution is -2.07. The second kappa shape index (κ2) is 5.50. The lowest BCUT2D eigenvalue weighted by atomic mass is 10.3. The molecule has 0 radical (unpaired) electrons. The van der Waals surface area contributed by atoms with E-state index in [2.05, 4.69) is 4.57 Å². The molecule has 0 unspecified atom stereocenters. The van der Waals surface area contributed by atoms with Gasteiger partial charge in [-0.2, -0.15) is 0 Å². The van der Waals surface area contributed by atoms with Gasteiger partial charge >= 0.3 is 0 Å². The summed E-state index contributed by atoms with van der Waals surface area (Å²) in [4.78, 5) is 10.8. The van der Waals surface area contributed by atoms with Crippen molar-refractivity contribution in [3.8, 4) is 0 Å². The minimum absolute atomic E-state index is 0.807. The molecule has 2 rings (SSSR count). The Balaban J connectivity index is 1.77. The van der Waals surface area contributed by atoms with E-state index in [9.17, 15) is 4.79 Å². The van der Waals surface area contributed by atoms with Crippen molar-refractivity contribution in [3.63, 3.8) is 0 Å². The van der Waals surface area contributed by atoms with Crippen molar-refractivity contribution in [2.45, 2.75) is 39.7 Å². The highest BCUT2D eigenvalue weighted by Gasteiger charge is 2.20. The van der Waals surface area contributed by atoms with Crippen molar-refractivity contribution in [1.82, 2.24) is 4.57 Å². The molecule has 0 aliphatic heterocycles. The monoisotopic (exact) mass is 235 g/mol. The molecule has 1 aliphatic rings. The summed E-state index contributed by atoms with van der Waals surface area (Å²) >= 11 is 0. The predicted molar refractivity (Wildman–Crippen MR) is 67.5 cm³/mol. The molecule has 1 fully saturated rings. The second-order valence-corrected chi connectivity index (χ2v) is 4.97. The van der Waals surface area contributed by atoms with Gasteiger partial charge < -0.3 is 9.30 Å². The average Bonchev–Trinajstić information content (AvgIpc) is 3.09. The van der Waals surface area contributed by atoms with E-state index in [-0.39, 0.29) is 0 Å². The number of hydrogen-bond acceptors (Lipinski definition) is 2. The molecule has 3 heteroatoms. The molecule has 1 heterocycles. The van der Waals surface area contributed by atoms with Crippen molar-refractivity contribution in [3.05, 3.63) is 23.0 Å². The van der Waals surface area contributed by atoms with E-state index in [1.807, 2.05) is 19.9 Å². The molecular formula is C14H21NO2. The van der Waals surface area contributed by atoms with E-state index in [0.29, 0.717) is 0 Å². The number of rotatable bonds is 7. The van der Waals surface area contributed by atoms with Crippen LogP contribution in [0.1, 0.15) is 41.0 Å². The number of aldehydes is 1. The first-order valence-corrected chi connectivity index (χ1v) is 6.42. The highest BCUT2D eigenvalue weighted by Crippen LogP contribution is 2.28. The maximum absolute atomic E-state index is 10.8. The molecule has 0 bridgehead atoms. The van der Waals surface area contributed by atoms with Crippen molar-refractivity contribution >= 4 is 6.29 Å². The number of ether oxygens (including phenoxy) is 1. The van der Waals surface area contributed by atoms with Gasteiger partial charge in [-0.1, -0.05) is 0 Å². The second-order valence-electron chi connectivity index (χ2n) is 4.97. The molecule has 0 atom stereocenters. The topological polar surface area (TPSA) is 31.2 Å². The molecule has 1 aliphatic carbocycles. The first kappa shape index (κ1) is 12.4. The van der Waals surface area contributed by atoms with Crippen LogP contribution in [0.4, 0.5) is 0 Å². The Bertz CT molecular complexity index is 391. The summed E-state index contributed by atoms with van der Waals surface area (Å²) in [6.45, 7) is 6.75. The summed E-state index contributed by atoms with van der Waals surface area (Å²) in [7, 11) is 0. The fourth-order valence-electron chi connectivity index (χ4n) is 2.15. The third-order valence-corrected chi connectivity index (χ3v) is 3.46. The van der Waals surface area contributed by atoms with E-state index in [0.717, 1.165) is 55.3 Å². The molecule has 3 nitrogen and oxygen atoms in total. The van der Waals surface area contributed by atoms with E-state index in [1.165, 1.54) is 12.8 Å². The summed E-state index contributed by atoms with van der Waals surface area (Å²) in [5.74, 6) is 0.840. The van der Waals surface area contributed by atoms with Gasteiger partial charge in [0.2, 0.25) is 0 Å². The Morgan fingerprint density at radius 3 is 2.82 bits per heavy atom. The Hall–Kier alpha value is -1.09. The summed E-state index contributed by atoms with van der Waals surface area (Å²) in [6.07, 6.45) is 4.64. The van der Waals surface area contributed by atoms with Crippen molar-refractivity contribution < 1.29 is 9.53 Å². The van der Waals surface area contributed by atoms with Gasteiger partial charge in [0.25, 0.3) is 0 Å². The highest BCUT2D eigenvalue weighted by atomic mass is 16.5. The fraction of sp³-hybridized carbons (Fsp3) is 0.643. The Kier molecular flexibility index (Phi) is 4.00. The number of carbonyl (C=O) groups excluding carboxylic acids is 1. The van der Waals surface area contributed by atoms with Crippen LogP contribution in [-0.4, -0.2) is 24.1 Å². The van der Waals surface area contributed by atoms with Crippen LogP contribution in [-0.2, 0) is 11.3 Å². The van der Waals surface area contributed by atoms with E-state index < -0.39 is 0 Å². The summed E-state index contributed by atoms with van der Waals surface area (Å²) in [6, 6.07) is 1.95. The summed E-state index contributed by atoms with van der Waals surface area (Å²) in [5, 5.41) is 0. The maximum atomic E-state index is 10.8. The number of aromatic nitrogens is 1. The first-order valence-electron chi connectivity index (χ1n) is 6.42.